The molecule has 2 aromatic carbocycles. The zero-order valence-electron chi connectivity index (χ0n) is 14.9. The lowest BCUT2D eigenvalue weighted by atomic mass is 10.1. The minimum Gasteiger partial charge on any atom is -0.444 e. The molecule has 0 bridgehead atoms. The van der Waals surface area contributed by atoms with Crippen LogP contribution in [0.2, 0.25) is 0 Å². The van der Waals surface area contributed by atoms with E-state index in [1.54, 1.807) is 37.5 Å². The number of hydrogen-bond donors (Lipinski definition) is 1. The molecule has 3 aromatic rings. The van der Waals surface area contributed by atoms with Crippen molar-refractivity contribution in [1.82, 2.24) is 9.88 Å². The van der Waals surface area contributed by atoms with Crippen molar-refractivity contribution in [2.24, 2.45) is 0 Å². The lowest BCUT2D eigenvalue weighted by Gasteiger charge is -2.17. The van der Waals surface area contributed by atoms with Gasteiger partial charge in [0, 0.05) is 28.3 Å². The van der Waals surface area contributed by atoms with Crippen molar-refractivity contribution in [2.75, 3.05) is 18.9 Å². The first-order valence-electron chi connectivity index (χ1n) is 8.24. The van der Waals surface area contributed by atoms with Gasteiger partial charge in [-0.05, 0) is 42.8 Å². The van der Waals surface area contributed by atoms with Gasteiger partial charge in [-0.25, -0.2) is 4.98 Å². The van der Waals surface area contributed by atoms with E-state index in [-0.39, 0.29) is 18.4 Å². The van der Waals surface area contributed by atoms with Crippen LogP contribution in [0.5, 0.6) is 0 Å². The normalized spacial score (nSPS) is 10.5. The fraction of sp³-hybridized carbons (Fsp3) is 0.150. The Morgan fingerprint density at radius 2 is 1.93 bits per heavy atom. The molecule has 7 heteroatoms. The number of rotatable bonds is 5. The van der Waals surface area contributed by atoms with Crippen LogP contribution in [0, 0.1) is 6.92 Å². The SMILES string of the molecule is Cc1cc(Br)ccc1NC(=O)CN(C)C(=O)c1ccc(-c2cnco2)cc1. The smallest absolute Gasteiger partial charge is 0.254 e. The van der Waals surface area contributed by atoms with Crippen LogP contribution in [0.4, 0.5) is 5.69 Å². The number of carbonyl (C=O) groups is 2. The first-order valence-corrected chi connectivity index (χ1v) is 9.04. The van der Waals surface area contributed by atoms with Gasteiger partial charge in [-0.2, -0.15) is 0 Å². The summed E-state index contributed by atoms with van der Waals surface area (Å²) in [5.74, 6) is 0.142. The highest BCUT2D eigenvalue weighted by molar-refractivity contribution is 9.10. The molecule has 0 aliphatic rings. The van der Waals surface area contributed by atoms with Gasteiger partial charge in [0.2, 0.25) is 5.91 Å². The number of likely N-dealkylation sites (N-methyl/N-ethyl adjacent to an activating group) is 1. The van der Waals surface area contributed by atoms with Crippen LogP contribution < -0.4 is 5.32 Å². The molecule has 3 rings (SSSR count). The molecule has 0 aliphatic heterocycles. The van der Waals surface area contributed by atoms with E-state index in [0.717, 1.165) is 21.3 Å². The largest absolute Gasteiger partial charge is 0.444 e. The van der Waals surface area contributed by atoms with Crippen molar-refractivity contribution in [3.63, 3.8) is 0 Å². The van der Waals surface area contributed by atoms with Crippen molar-refractivity contribution in [3.05, 3.63) is 70.7 Å². The minimum atomic E-state index is -0.255. The molecule has 6 nitrogen and oxygen atoms in total. The van der Waals surface area contributed by atoms with E-state index in [4.69, 9.17) is 4.42 Å². The zero-order valence-corrected chi connectivity index (χ0v) is 16.5. The molecule has 0 atom stereocenters. The number of carbonyl (C=O) groups excluding carboxylic acids is 2. The lowest BCUT2D eigenvalue weighted by molar-refractivity contribution is -0.116. The molecule has 138 valence electrons. The Balaban J connectivity index is 1.62. The number of oxazole rings is 1. The van der Waals surface area contributed by atoms with Crippen molar-refractivity contribution in [3.8, 4) is 11.3 Å². The quantitative estimate of drug-likeness (QED) is 0.664. The summed E-state index contributed by atoms with van der Waals surface area (Å²) in [5.41, 5.74) is 2.98. The Morgan fingerprint density at radius 1 is 1.19 bits per heavy atom. The summed E-state index contributed by atoms with van der Waals surface area (Å²) in [6, 6.07) is 12.6. The highest BCUT2D eigenvalue weighted by Crippen LogP contribution is 2.21. The number of hydrogen-bond acceptors (Lipinski definition) is 4. The molecule has 0 radical (unpaired) electrons. The van der Waals surface area contributed by atoms with E-state index in [1.165, 1.54) is 11.3 Å². The number of benzene rings is 2. The fourth-order valence-electron chi connectivity index (χ4n) is 2.60. The van der Waals surface area contributed by atoms with Gasteiger partial charge in [0.25, 0.3) is 5.91 Å². The topological polar surface area (TPSA) is 75.4 Å². The highest BCUT2D eigenvalue weighted by atomic mass is 79.9. The van der Waals surface area contributed by atoms with Gasteiger partial charge < -0.3 is 14.6 Å². The fourth-order valence-corrected chi connectivity index (χ4v) is 3.08. The minimum absolute atomic E-state index is 0.0435. The molecule has 0 saturated carbocycles. The molecule has 1 N–H and O–H groups in total. The number of anilines is 1. The van der Waals surface area contributed by atoms with Crippen LogP contribution in [0.3, 0.4) is 0 Å². The predicted octanol–water partition coefficient (Wildman–Crippen LogP) is 4.12. The third-order valence-corrected chi connectivity index (χ3v) is 4.53. The van der Waals surface area contributed by atoms with Crippen molar-refractivity contribution >= 4 is 33.4 Å². The van der Waals surface area contributed by atoms with Gasteiger partial charge in [-0.15, -0.1) is 0 Å². The summed E-state index contributed by atoms with van der Waals surface area (Å²) < 4.78 is 6.17. The van der Waals surface area contributed by atoms with Crippen LogP contribution in [-0.4, -0.2) is 35.3 Å². The number of nitrogens with one attached hydrogen (secondary N) is 1. The first-order chi connectivity index (χ1) is 12.9. The van der Waals surface area contributed by atoms with Gasteiger partial charge in [0.15, 0.2) is 12.2 Å². The van der Waals surface area contributed by atoms with E-state index in [0.29, 0.717) is 11.3 Å². The summed E-state index contributed by atoms with van der Waals surface area (Å²) in [4.78, 5) is 30.1. The van der Waals surface area contributed by atoms with Crippen LogP contribution in [-0.2, 0) is 4.79 Å². The standard InChI is InChI=1S/C20H18BrN3O3/c1-13-9-16(21)7-8-17(13)23-19(25)11-24(2)20(26)15-5-3-14(4-6-15)18-10-22-12-27-18/h3-10,12H,11H2,1-2H3,(H,23,25). The second-order valence-corrected chi connectivity index (χ2v) is 7.03. The second kappa shape index (κ2) is 8.18. The Morgan fingerprint density at radius 3 is 2.56 bits per heavy atom. The maximum Gasteiger partial charge on any atom is 0.254 e. The van der Waals surface area contributed by atoms with E-state index in [1.807, 2.05) is 25.1 Å². The third kappa shape index (κ3) is 4.62. The van der Waals surface area contributed by atoms with Crippen molar-refractivity contribution in [1.29, 1.82) is 0 Å². The van der Waals surface area contributed by atoms with Crippen LogP contribution >= 0.6 is 15.9 Å². The van der Waals surface area contributed by atoms with Gasteiger partial charge in [-0.3, -0.25) is 9.59 Å². The zero-order chi connectivity index (χ0) is 19.4. The highest BCUT2D eigenvalue weighted by Gasteiger charge is 2.16. The van der Waals surface area contributed by atoms with Crippen LogP contribution in [0.1, 0.15) is 15.9 Å². The maximum atomic E-state index is 12.5. The summed E-state index contributed by atoms with van der Waals surface area (Å²) in [5, 5.41) is 2.83. The van der Waals surface area contributed by atoms with Gasteiger partial charge in [0.05, 0.1) is 12.7 Å². The third-order valence-electron chi connectivity index (χ3n) is 4.04. The van der Waals surface area contributed by atoms with Gasteiger partial charge in [-0.1, -0.05) is 28.1 Å². The summed E-state index contributed by atoms with van der Waals surface area (Å²) >= 11 is 3.39. The molecule has 0 aliphatic carbocycles. The summed E-state index contributed by atoms with van der Waals surface area (Å²) in [7, 11) is 1.60. The Kier molecular flexibility index (Phi) is 5.71. The van der Waals surface area contributed by atoms with Crippen molar-refractivity contribution in [2.45, 2.75) is 6.92 Å². The molecule has 0 unspecified atom stereocenters. The Bertz CT molecular complexity index is 953. The molecule has 1 aromatic heterocycles. The van der Waals surface area contributed by atoms with Gasteiger partial charge in [0.1, 0.15) is 0 Å². The lowest BCUT2D eigenvalue weighted by Crippen LogP contribution is -2.35. The average Bonchev–Trinajstić information content (AvgIpc) is 3.18. The van der Waals surface area contributed by atoms with E-state index in [9.17, 15) is 9.59 Å². The maximum absolute atomic E-state index is 12.5. The van der Waals surface area contributed by atoms with Crippen molar-refractivity contribution < 1.29 is 14.0 Å². The van der Waals surface area contributed by atoms with Gasteiger partial charge >= 0.3 is 0 Å². The van der Waals surface area contributed by atoms with E-state index >= 15 is 0 Å². The number of aromatic nitrogens is 1. The number of halogens is 1. The monoisotopic (exact) mass is 427 g/mol. The molecule has 0 fully saturated rings. The van der Waals surface area contributed by atoms with E-state index in [2.05, 4.69) is 26.2 Å². The molecular weight excluding hydrogens is 410 g/mol. The number of aryl methyl sites for hydroxylation is 1. The Labute approximate surface area is 165 Å². The molecular formula is C20H18BrN3O3. The summed E-state index contributed by atoms with van der Waals surface area (Å²) in [6.45, 7) is 1.86. The number of nitrogens with zero attached hydrogens (tertiary/aromatic N) is 2. The first kappa shape index (κ1) is 18.8. The van der Waals surface area contributed by atoms with Crippen LogP contribution in [0.15, 0.2) is 63.9 Å². The molecule has 1 heterocycles. The van der Waals surface area contributed by atoms with Crippen LogP contribution in [0.25, 0.3) is 11.3 Å². The van der Waals surface area contributed by atoms with E-state index < -0.39 is 0 Å². The average molecular weight is 428 g/mol. The summed E-state index contributed by atoms with van der Waals surface area (Å²) in [6.07, 6.45) is 2.96. The Hall–Kier alpha value is -2.93. The number of amides is 2. The second-order valence-electron chi connectivity index (χ2n) is 6.11. The molecule has 0 spiro atoms. The molecule has 2 amide bonds. The molecule has 27 heavy (non-hydrogen) atoms. The molecule has 0 saturated heterocycles. The predicted molar refractivity (Wildman–Crippen MR) is 106 cm³/mol.